The number of fused-ring (bicyclic) bond motifs is 1. The fourth-order valence-electron chi connectivity index (χ4n) is 3.09. The smallest absolute Gasteiger partial charge is 0.234 e. The minimum atomic E-state index is -0.103. The molecular formula is C23H21N3O2S. The zero-order valence-corrected chi connectivity index (χ0v) is 16.9. The summed E-state index contributed by atoms with van der Waals surface area (Å²) in [4.78, 5) is 17.3. The molecule has 29 heavy (non-hydrogen) atoms. The van der Waals surface area contributed by atoms with Crippen molar-refractivity contribution in [2.75, 3.05) is 17.7 Å². The maximum Gasteiger partial charge on any atom is 0.234 e. The third-order valence-corrected chi connectivity index (χ3v) is 5.28. The maximum absolute atomic E-state index is 12.6. The Morgan fingerprint density at radius 1 is 1.00 bits per heavy atom. The highest BCUT2D eigenvalue weighted by molar-refractivity contribution is 7.99. The molecular weight excluding hydrogens is 382 g/mol. The Balaban J connectivity index is 1.55. The second-order valence-corrected chi connectivity index (χ2v) is 7.26. The van der Waals surface area contributed by atoms with Crippen molar-refractivity contribution < 1.29 is 9.53 Å². The lowest BCUT2D eigenvalue weighted by atomic mass is 10.3. The first-order valence-electron chi connectivity index (χ1n) is 9.43. The highest BCUT2D eigenvalue weighted by atomic mass is 32.2. The molecule has 0 saturated carbocycles. The van der Waals surface area contributed by atoms with Gasteiger partial charge in [0.2, 0.25) is 5.91 Å². The molecule has 4 rings (SSSR count). The van der Waals surface area contributed by atoms with E-state index in [-0.39, 0.29) is 11.7 Å². The predicted octanol–water partition coefficient (Wildman–Crippen LogP) is 5.16. The molecule has 1 aromatic heterocycles. The third-order valence-electron chi connectivity index (χ3n) is 4.34. The Morgan fingerprint density at radius 2 is 1.72 bits per heavy atom. The van der Waals surface area contributed by atoms with Crippen LogP contribution in [0.4, 0.5) is 5.69 Å². The summed E-state index contributed by atoms with van der Waals surface area (Å²) in [6.45, 7) is 2.46. The first-order valence-corrected chi connectivity index (χ1v) is 10.4. The summed E-state index contributed by atoms with van der Waals surface area (Å²) in [6, 6.07) is 25.5. The monoisotopic (exact) mass is 403 g/mol. The summed E-state index contributed by atoms with van der Waals surface area (Å²) in [5.74, 6) is 0.815. The van der Waals surface area contributed by atoms with Crippen molar-refractivity contribution in [1.82, 2.24) is 9.55 Å². The lowest BCUT2D eigenvalue weighted by molar-refractivity contribution is -0.113. The molecule has 0 aliphatic carbocycles. The molecule has 0 saturated heterocycles. The first kappa shape index (κ1) is 19.1. The second kappa shape index (κ2) is 8.84. The Labute approximate surface area is 173 Å². The van der Waals surface area contributed by atoms with Crippen LogP contribution < -0.4 is 10.1 Å². The van der Waals surface area contributed by atoms with Crippen molar-refractivity contribution >= 4 is 34.4 Å². The van der Waals surface area contributed by atoms with Crippen LogP contribution in [0.2, 0.25) is 0 Å². The molecule has 0 bridgehead atoms. The first-order chi connectivity index (χ1) is 14.3. The topological polar surface area (TPSA) is 56.1 Å². The summed E-state index contributed by atoms with van der Waals surface area (Å²) in [5, 5.41) is 3.72. The van der Waals surface area contributed by atoms with Crippen molar-refractivity contribution in [3.05, 3.63) is 78.9 Å². The van der Waals surface area contributed by atoms with E-state index in [4.69, 9.17) is 9.72 Å². The zero-order valence-electron chi connectivity index (χ0n) is 16.0. The summed E-state index contributed by atoms with van der Waals surface area (Å²) in [7, 11) is 0. The molecule has 1 N–H and O–H groups in total. The van der Waals surface area contributed by atoms with Crippen molar-refractivity contribution in [2.24, 2.45) is 0 Å². The molecule has 1 heterocycles. The van der Waals surface area contributed by atoms with Crippen LogP contribution in [-0.2, 0) is 4.79 Å². The van der Waals surface area contributed by atoms with Gasteiger partial charge in [-0.3, -0.25) is 9.36 Å². The molecule has 0 aliphatic rings. The van der Waals surface area contributed by atoms with Crippen LogP contribution in [0.5, 0.6) is 5.75 Å². The van der Waals surface area contributed by atoms with Crippen LogP contribution in [0.3, 0.4) is 0 Å². The summed E-state index contributed by atoms with van der Waals surface area (Å²) >= 11 is 1.41. The van der Waals surface area contributed by atoms with Crippen LogP contribution in [0.25, 0.3) is 16.7 Å². The molecule has 1 amide bonds. The Morgan fingerprint density at radius 3 is 2.55 bits per heavy atom. The van der Waals surface area contributed by atoms with Gasteiger partial charge in [0, 0.05) is 5.69 Å². The van der Waals surface area contributed by atoms with Gasteiger partial charge in [-0.1, -0.05) is 54.2 Å². The second-order valence-electron chi connectivity index (χ2n) is 6.32. The van der Waals surface area contributed by atoms with Gasteiger partial charge in [-0.2, -0.15) is 0 Å². The molecule has 0 atom stereocenters. The Bertz CT molecular complexity index is 1130. The van der Waals surface area contributed by atoms with Gasteiger partial charge in [0.1, 0.15) is 5.75 Å². The molecule has 3 aromatic carbocycles. The van der Waals surface area contributed by atoms with Crippen LogP contribution >= 0.6 is 11.8 Å². The fourth-order valence-corrected chi connectivity index (χ4v) is 3.92. The van der Waals surface area contributed by atoms with Gasteiger partial charge in [0.15, 0.2) is 5.16 Å². The molecule has 146 valence electrons. The average Bonchev–Trinajstić information content (AvgIpc) is 3.13. The number of benzene rings is 3. The molecule has 0 fully saturated rings. The number of anilines is 1. The number of hydrogen-bond donors (Lipinski definition) is 1. The molecule has 6 heteroatoms. The van der Waals surface area contributed by atoms with Crippen molar-refractivity contribution in [3.8, 4) is 11.4 Å². The number of nitrogens with one attached hydrogen (secondary N) is 1. The number of para-hydroxylation sites is 5. The number of aromatic nitrogens is 2. The molecule has 0 radical (unpaired) electrons. The van der Waals surface area contributed by atoms with Crippen LogP contribution in [0, 0.1) is 0 Å². The lowest BCUT2D eigenvalue weighted by Crippen LogP contribution is -2.15. The number of carbonyl (C=O) groups is 1. The van der Waals surface area contributed by atoms with Gasteiger partial charge >= 0.3 is 0 Å². The minimum absolute atomic E-state index is 0.103. The maximum atomic E-state index is 12.6. The zero-order chi connectivity index (χ0) is 20.1. The average molecular weight is 404 g/mol. The highest BCUT2D eigenvalue weighted by Crippen LogP contribution is 2.29. The van der Waals surface area contributed by atoms with E-state index in [0.29, 0.717) is 18.0 Å². The van der Waals surface area contributed by atoms with Crippen molar-refractivity contribution in [3.63, 3.8) is 0 Å². The Hall–Kier alpha value is -3.25. The summed E-state index contributed by atoms with van der Waals surface area (Å²) in [5.41, 5.74) is 3.62. The Kier molecular flexibility index (Phi) is 5.81. The summed E-state index contributed by atoms with van der Waals surface area (Å²) in [6.07, 6.45) is 0. The fraction of sp³-hybridized carbons (Fsp3) is 0.130. The number of amides is 1. The van der Waals surface area contributed by atoms with E-state index in [0.717, 1.165) is 21.9 Å². The normalized spacial score (nSPS) is 10.8. The molecule has 0 unspecified atom stereocenters. The third kappa shape index (κ3) is 4.27. The van der Waals surface area contributed by atoms with E-state index < -0.39 is 0 Å². The van der Waals surface area contributed by atoms with E-state index in [9.17, 15) is 4.79 Å². The molecule has 5 nitrogen and oxygen atoms in total. The number of ether oxygens (including phenoxy) is 1. The van der Waals surface area contributed by atoms with Gasteiger partial charge in [0.05, 0.1) is 29.1 Å². The van der Waals surface area contributed by atoms with Crippen LogP contribution in [-0.4, -0.2) is 27.8 Å². The lowest BCUT2D eigenvalue weighted by Gasteiger charge is -2.11. The van der Waals surface area contributed by atoms with Gasteiger partial charge in [-0.25, -0.2) is 4.98 Å². The van der Waals surface area contributed by atoms with Gasteiger partial charge in [0.25, 0.3) is 0 Å². The molecule has 0 spiro atoms. The molecule has 0 aliphatic heterocycles. The molecule has 4 aromatic rings. The largest absolute Gasteiger partial charge is 0.492 e. The van der Waals surface area contributed by atoms with E-state index >= 15 is 0 Å². The van der Waals surface area contributed by atoms with Crippen molar-refractivity contribution in [2.45, 2.75) is 12.1 Å². The van der Waals surface area contributed by atoms with Gasteiger partial charge < -0.3 is 10.1 Å². The standard InChI is InChI=1S/C23H21N3O2S/c1-2-28-21-15-9-7-13-19(21)24-22(27)16-29-23-25-18-12-6-8-14-20(18)26(23)17-10-4-3-5-11-17/h3-15H,2,16H2,1H3,(H,24,27). The number of hydrogen-bond acceptors (Lipinski definition) is 4. The van der Waals surface area contributed by atoms with E-state index in [2.05, 4.69) is 9.88 Å². The van der Waals surface area contributed by atoms with Crippen molar-refractivity contribution in [1.29, 1.82) is 0 Å². The van der Waals surface area contributed by atoms with E-state index in [1.165, 1.54) is 11.8 Å². The van der Waals surface area contributed by atoms with Gasteiger partial charge in [-0.15, -0.1) is 0 Å². The summed E-state index contributed by atoms with van der Waals surface area (Å²) < 4.78 is 7.66. The SMILES string of the molecule is CCOc1ccccc1NC(=O)CSc1nc2ccccc2n1-c1ccccc1. The minimum Gasteiger partial charge on any atom is -0.492 e. The highest BCUT2D eigenvalue weighted by Gasteiger charge is 2.15. The predicted molar refractivity (Wildman–Crippen MR) is 118 cm³/mol. The van der Waals surface area contributed by atoms with Crippen LogP contribution in [0.1, 0.15) is 6.92 Å². The van der Waals surface area contributed by atoms with Crippen LogP contribution in [0.15, 0.2) is 84.0 Å². The quantitative estimate of drug-likeness (QED) is 0.433. The van der Waals surface area contributed by atoms with Gasteiger partial charge in [-0.05, 0) is 43.3 Å². The van der Waals surface area contributed by atoms with E-state index in [1.54, 1.807) is 0 Å². The number of imidazole rings is 1. The number of carbonyl (C=O) groups excluding carboxylic acids is 1. The van der Waals surface area contributed by atoms with E-state index in [1.807, 2.05) is 85.8 Å². The number of nitrogens with zero attached hydrogens (tertiary/aromatic N) is 2. The number of rotatable bonds is 7. The number of thioether (sulfide) groups is 1.